The summed E-state index contributed by atoms with van der Waals surface area (Å²) in [4.78, 5) is 12.8. The van der Waals surface area contributed by atoms with Crippen LogP contribution >= 0.6 is 0 Å². The number of amidine groups is 1. The van der Waals surface area contributed by atoms with Crippen molar-refractivity contribution in [1.29, 1.82) is 0 Å². The van der Waals surface area contributed by atoms with Gasteiger partial charge < -0.3 is 20.7 Å². The van der Waals surface area contributed by atoms with Gasteiger partial charge in [-0.25, -0.2) is 9.97 Å². The molecule has 0 spiro atoms. The lowest BCUT2D eigenvalue weighted by molar-refractivity contribution is 0.318. The minimum absolute atomic E-state index is 0.0175. The molecule has 0 saturated carbocycles. The monoisotopic (exact) mass is 264 g/mol. The predicted octanol–water partition coefficient (Wildman–Crippen LogP) is 0.103. The highest BCUT2D eigenvalue weighted by Gasteiger charge is 2.16. The Bertz CT molecular complexity index is 444. The van der Waals surface area contributed by atoms with Crippen LogP contribution in [-0.2, 0) is 0 Å². The molecule has 7 nitrogen and oxygen atoms in total. The first-order chi connectivity index (χ1) is 9.22. The van der Waals surface area contributed by atoms with E-state index in [1.807, 2.05) is 11.9 Å². The first kappa shape index (κ1) is 13.5. The molecule has 19 heavy (non-hydrogen) atoms. The molecule has 7 heteroatoms. The Labute approximate surface area is 112 Å². The molecular formula is C12H20N6O. The molecule has 1 fully saturated rings. The summed E-state index contributed by atoms with van der Waals surface area (Å²) in [5, 5.41) is 11.8. The maximum atomic E-state index is 8.77. The smallest absolute Gasteiger partial charge is 0.192 e. The summed E-state index contributed by atoms with van der Waals surface area (Å²) in [7, 11) is 1.94. The van der Waals surface area contributed by atoms with Crippen molar-refractivity contribution in [3.8, 4) is 0 Å². The number of oxime groups is 1. The van der Waals surface area contributed by atoms with E-state index < -0.39 is 0 Å². The Morgan fingerprint density at radius 2 is 2.11 bits per heavy atom. The van der Waals surface area contributed by atoms with Gasteiger partial charge in [0.25, 0.3) is 0 Å². The maximum absolute atomic E-state index is 8.77. The van der Waals surface area contributed by atoms with Crippen molar-refractivity contribution in [2.45, 2.75) is 12.8 Å². The van der Waals surface area contributed by atoms with Crippen molar-refractivity contribution in [3.05, 3.63) is 18.1 Å². The Kier molecular flexibility index (Phi) is 4.51. The van der Waals surface area contributed by atoms with E-state index in [2.05, 4.69) is 20.0 Å². The molecule has 0 unspecified atom stereocenters. The van der Waals surface area contributed by atoms with Crippen LogP contribution in [0.3, 0.4) is 0 Å². The zero-order valence-corrected chi connectivity index (χ0v) is 11.2. The number of nitrogens with two attached hydrogens (primary N) is 1. The summed E-state index contributed by atoms with van der Waals surface area (Å²) < 4.78 is 0. The van der Waals surface area contributed by atoms with Gasteiger partial charge in [-0.1, -0.05) is 5.16 Å². The lowest BCUT2D eigenvalue weighted by atomic mass is 10.3. The molecule has 1 saturated heterocycles. The van der Waals surface area contributed by atoms with E-state index in [1.165, 1.54) is 32.1 Å². The van der Waals surface area contributed by atoms with Gasteiger partial charge in [-0.05, 0) is 25.9 Å². The van der Waals surface area contributed by atoms with Gasteiger partial charge in [0.1, 0.15) is 0 Å². The van der Waals surface area contributed by atoms with E-state index in [4.69, 9.17) is 10.9 Å². The molecule has 2 rings (SSSR count). The molecule has 0 aromatic carbocycles. The number of likely N-dealkylation sites (tertiary alicyclic amines) is 1. The van der Waals surface area contributed by atoms with Crippen LogP contribution < -0.4 is 10.6 Å². The first-order valence-corrected chi connectivity index (χ1v) is 6.44. The highest BCUT2D eigenvalue weighted by atomic mass is 16.4. The number of anilines is 1. The van der Waals surface area contributed by atoms with Gasteiger partial charge in [-0.15, -0.1) is 0 Å². The van der Waals surface area contributed by atoms with Crippen LogP contribution in [-0.4, -0.2) is 59.1 Å². The van der Waals surface area contributed by atoms with Crippen molar-refractivity contribution in [2.24, 2.45) is 10.9 Å². The third-order valence-corrected chi connectivity index (χ3v) is 3.34. The van der Waals surface area contributed by atoms with Gasteiger partial charge in [0, 0.05) is 32.5 Å². The summed E-state index contributed by atoms with van der Waals surface area (Å²) in [6.45, 7) is 4.16. The van der Waals surface area contributed by atoms with Crippen molar-refractivity contribution < 1.29 is 5.21 Å². The quantitative estimate of drug-likeness (QED) is 0.339. The molecule has 1 aliphatic rings. The van der Waals surface area contributed by atoms with Crippen LogP contribution in [0.1, 0.15) is 18.5 Å². The van der Waals surface area contributed by atoms with Crippen LogP contribution in [0.2, 0.25) is 0 Å². The first-order valence-electron chi connectivity index (χ1n) is 6.44. The van der Waals surface area contributed by atoms with Crippen LogP contribution in [0.4, 0.5) is 5.82 Å². The molecule has 0 aliphatic carbocycles. The Morgan fingerprint density at radius 1 is 1.42 bits per heavy atom. The SMILES string of the molecule is CN(CCN1CCCC1)c1nccnc1C(N)=NO. The topological polar surface area (TPSA) is 90.9 Å². The molecule has 0 amide bonds. The Balaban J connectivity index is 2.03. The highest BCUT2D eigenvalue weighted by molar-refractivity contribution is 5.99. The van der Waals surface area contributed by atoms with Crippen LogP contribution in [0.25, 0.3) is 0 Å². The molecule has 104 valence electrons. The molecule has 2 heterocycles. The predicted molar refractivity (Wildman–Crippen MR) is 73.5 cm³/mol. The zero-order valence-electron chi connectivity index (χ0n) is 11.2. The second-order valence-electron chi connectivity index (χ2n) is 4.68. The van der Waals surface area contributed by atoms with Gasteiger partial charge in [-0.2, -0.15) is 0 Å². The average Bonchev–Trinajstić information content (AvgIpc) is 2.97. The van der Waals surface area contributed by atoms with E-state index in [0.717, 1.165) is 13.1 Å². The van der Waals surface area contributed by atoms with E-state index in [-0.39, 0.29) is 5.84 Å². The Hall–Kier alpha value is -1.89. The fourth-order valence-electron chi connectivity index (χ4n) is 2.24. The average molecular weight is 264 g/mol. The number of hydrogen-bond donors (Lipinski definition) is 2. The standard InChI is InChI=1S/C12H20N6O/c1-17(8-9-18-6-2-3-7-18)12-10(11(13)16-19)14-4-5-15-12/h4-5,19H,2-3,6-9H2,1H3,(H2,13,16). The van der Waals surface area contributed by atoms with Crippen LogP contribution in [0, 0.1) is 0 Å². The van der Waals surface area contributed by atoms with Gasteiger partial charge in [0.2, 0.25) is 0 Å². The van der Waals surface area contributed by atoms with E-state index in [9.17, 15) is 0 Å². The molecule has 1 aromatic heterocycles. The van der Waals surface area contributed by atoms with E-state index in [1.54, 1.807) is 6.20 Å². The largest absolute Gasteiger partial charge is 0.409 e. The lowest BCUT2D eigenvalue weighted by Gasteiger charge is -2.23. The van der Waals surface area contributed by atoms with Crippen molar-refractivity contribution in [1.82, 2.24) is 14.9 Å². The molecule has 0 atom stereocenters. The van der Waals surface area contributed by atoms with Gasteiger partial charge in [0.15, 0.2) is 17.3 Å². The van der Waals surface area contributed by atoms with Crippen molar-refractivity contribution in [2.75, 3.05) is 38.1 Å². The molecule has 0 bridgehead atoms. The second-order valence-corrected chi connectivity index (χ2v) is 4.68. The molecule has 1 aliphatic heterocycles. The fraction of sp³-hybridized carbons (Fsp3) is 0.583. The molecule has 1 aromatic rings. The van der Waals surface area contributed by atoms with Crippen LogP contribution in [0.5, 0.6) is 0 Å². The fourth-order valence-corrected chi connectivity index (χ4v) is 2.24. The third-order valence-electron chi connectivity index (χ3n) is 3.34. The number of hydrogen-bond acceptors (Lipinski definition) is 6. The Morgan fingerprint density at radius 3 is 2.79 bits per heavy atom. The number of likely N-dealkylation sites (N-methyl/N-ethyl adjacent to an activating group) is 1. The lowest BCUT2D eigenvalue weighted by Crippen LogP contribution is -2.33. The number of rotatable bonds is 5. The normalized spacial score (nSPS) is 16.8. The summed E-state index contributed by atoms with van der Waals surface area (Å²) in [5.41, 5.74) is 6.02. The van der Waals surface area contributed by atoms with Gasteiger partial charge in [-0.3, -0.25) is 0 Å². The minimum atomic E-state index is -0.0175. The van der Waals surface area contributed by atoms with Gasteiger partial charge >= 0.3 is 0 Å². The number of aromatic nitrogens is 2. The van der Waals surface area contributed by atoms with E-state index in [0.29, 0.717) is 11.5 Å². The minimum Gasteiger partial charge on any atom is -0.409 e. The third kappa shape index (κ3) is 3.31. The highest BCUT2D eigenvalue weighted by Crippen LogP contribution is 2.13. The second kappa shape index (κ2) is 6.33. The molecule has 0 radical (unpaired) electrons. The summed E-state index contributed by atoms with van der Waals surface area (Å²) in [5.74, 6) is 0.619. The molecular weight excluding hydrogens is 244 g/mol. The van der Waals surface area contributed by atoms with Crippen molar-refractivity contribution >= 4 is 11.7 Å². The summed E-state index contributed by atoms with van der Waals surface area (Å²) >= 11 is 0. The van der Waals surface area contributed by atoms with Crippen LogP contribution in [0.15, 0.2) is 17.5 Å². The number of nitrogens with zero attached hydrogens (tertiary/aromatic N) is 5. The summed E-state index contributed by atoms with van der Waals surface area (Å²) in [6, 6.07) is 0. The zero-order chi connectivity index (χ0) is 13.7. The van der Waals surface area contributed by atoms with Gasteiger partial charge in [0.05, 0.1) is 0 Å². The van der Waals surface area contributed by atoms with E-state index >= 15 is 0 Å². The molecule has 3 N–H and O–H groups in total. The maximum Gasteiger partial charge on any atom is 0.192 e. The van der Waals surface area contributed by atoms with Crippen molar-refractivity contribution in [3.63, 3.8) is 0 Å². The summed E-state index contributed by atoms with van der Waals surface area (Å²) in [6.07, 6.45) is 5.70.